The van der Waals surface area contributed by atoms with Crippen LogP contribution in [0.3, 0.4) is 0 Å². The van der Waals surface area contributed by atoms with Gasteiger partial charge in [0.25, 0.3) is 0 Å². The highest BCUT2D eigenvalue weighted by Gasteiger charge is 2.40. The summed E-state index contributed by atoms with van der Waals surface area (Å²) in [5.74, 6) is 2.42. The lowest BCUT2D eigenvalue weighted by molar-refractivity contribution is -0.148. The Labute approximate surface area is 151 Å². The van der Waals surface area contributed by atoms with E-state index in [4.69, 9.17) is 21.6 Å². The van der Waals surface area contributed by atoms with E-state index in [0.717, 1.165) is 19.3 Å². The Morgan fingerprint density at radius 2 is 2.35 bits per heavy atom. The molecule has 1 unspecified atom stereocenters. The largest absolute Gasteiger partial charge is 0.462 e. The summed E-state index contributed by atoms with van der Waals surface area (Å²) in [6.45, 7) is 1.40. The van der Waals surface area contributed by atoms with Crippen molar-refractivity contribution in [2.24, 2.45) is 10.9 Å². The Morgan fingerprint density at radius 3 is 3.08 bits per heavy atom. The number of hydrogen-bond acceptors (Lipinski definition) is 7. The van der Waals surface area contributed by atoms with Crippen molar-refractivity contribution < 1.29 is 18.7 Å². The summed E-state index contributed by atoms with van der Waals surface area (Å²) >= 11 is 0. The lowest BCUT2D eigenvalue weighted by atomic mass is 9.95. The number of anilines is 1. The molecule has 0 aromatic carbocycles. The van der Waals surface area contributed by atoms with E-state index in [2.05, 4.69) is 20.9 Å². The molecule has 2 N–H and O–H groups in total. The van der Waals surface area contributed by atoms with Gasteiger partial charge in [0.05, 0.1) is 11.8 Å². The molecular weight excluding hydrogens is 339 g/mol. The molecule has 3 atom stereocenters. The van der Waals surface area contributed by atoms with Gasteiger partial charge in [-0.1, -0.05) is 5.92 Å². The lowest BCUT2D eigenvalue weighted by Crippen LogP contribution is -2.34. The molecule has 0 aliphatic carbocycles. The molecule has 3 heterocycles. The number of aryl methyl sites for hydroxylation is 1. The molecule has 7 nitrogen and oxygen atoms in total. The molecule has 1 fully saturated rings. The zero-order valence-corrected chi connectivity index (χ0v) is 14.6. The zero-order chi connectivity index (χ0) is 18.7. The third kappa shape index (κ3) is 3.99. The van der Waals surface area contributed by atoms with E-state index in [0.29, 0.717) is 24.2 Å². The number of halogens is 1. The smallest absolute Gasteiger partial charge is 0.310 e. The zero-order valence-electron chi connectivity index (χ0n) is 14.6. The van der Waals surface area contributed by atoms with Gasteiger partial charge in [0.15, 0.2) is 11.4 Å². The number of esters is 1. The highest BCUT2D eigenvalue weighted by molar-refractivity contribution is 5.73. The van der Waals surface area contributed by atoms with Crippen molar-refractivity contribution in [3.8, 4) is 12.3 Å². The molecule has 3 rings (SSSR count). The van der Waals surface area contributed by atoms with Crippen molar-refractivity contribution in [2.75, 3.05) is 12.3 Å². The van der Waals surface area contributed by atoms with Gasteiger partial charge in [-0.05, 0) is 38.0 Å². The topological polar surface area (TPSA) is 99.7 Å². The predicted octanol–water partition coefficient (Wildman–Crippen LogP) is 1.97. The molecule has 138 valence electrons. The van der Waals surface area contributed by atoms with Gasteiger partial charge in [-0.3, -0.25) is 9.79 Å². The number of aliphatic imine (C=N–C) groups is 1. The third-order valence-corrected chi connectivity index (χ3v) is 4.72. The fraction of sp³-hybridized carbons (Fsp3) is 0.556. The van der Waals surface area contributed by atoms with E-state index >= 15 is 0 Å². The number of carbonyl (C=O) groups is 1. The summed E-state index contributed by atoms with van der Waals surface area (Å²) in [5.41, 5.74) is 5.84. The Bertz CT molecular complexity index is 776. The summed E-state index contributed by atoms with van der Waals surface area (Å²) in [5, 5.41) is 0. The average Bonchev–Trinajstić information content (AvgIpc) is 2.89. The average molecular weight is 360 g/mol. The number of carbonyl (C=O) groups excluding carboxylic acids is 1. The number of nitrogen functional groups attached to an aromatic ring is 1. The van der Waals surface area contributed by atoms with Gasteiger partial charge in [0.2, 0.25) is 0 Å². The SMILES string of the molecule is C#C[C@@]1(COC(C)=O)CC[C@H](CC2C=Nc3c(N)nc(F)nc3CC2)O1. The first-order chi connectivity index (χ1) is 12.4. The Kier molecular flexibility index (Phi) is 5.18. The van der Waals surface area contributed by atoms with Gasteiger partial charge >= 0.3 is 12.0 Å². The molecule has 0 saturated carbocycles. The van der Waals surface area contributed by atoms with Crippen LogP contribution in [0.25, 0.3) is 0 Å². The summed E-state index contributed by atoms with van der Waals surface area (Å²) < 4.78 is 24.4. The predicted molar refractivity (Wildman–Crippen MR) is 93.3 cm³/mol. The molecule has 2 aliphatic rings. The fourth-order valence-electron chi connectivity index (χ4n) is 3.37. The van der Waals surface area contributed by atoms with Crippen molar-refractivity contribution in [3.05, 3.63) is 11.8 Å². The van der Waals surface area contributed by atoms with E-state index in [1.165, 1.54) is 6.92 Å². The molecule has 1 saturated heterocycles. The van der Waals surface area contributed by atoms with Crippen LogP contribution in [0.1, 0.15) is 38.3 Å². The maximum Gasteiger partial charge on any atom is 0.310 e. The second-order valence-electron chi connectivity index (χ2n) is 6.68. The summed E-state index contributed by atoms with van der Waals surface area (Å²) in [4.78, 5) is 22.7. The van der Waals surface area contributed by atoms with Crippen LogP contribution in [0.5, 0.6) is 0 Å². The van der Waals surface area contributed by atoms with E-state index in [1.54, 1.807) is 6.21 Å². The van der Waals surface area contributed by atoms with E-state index < -0.39 is 11.7 Å². The first kappa shape index (κ1) is 18.3. The Balaban J connectivity index is 1.63. The quantitative estimate of drug-likeness (QED) is 0.501. The van der Waals surface area contributed by atoms with Crippen molar-refractivity contribution in [3.63, 3.8) is 0 Å². The van der Waals surface area contributed by atoms with Crippen molar-refractivity contribution >= 4 is 23.7 Å². The minimum Gasteiger partial charge on any atom is -0.462 e. The van der Waals surface area contributed by atoms with Crippen LogP contribution >= 0.6 is 0 Å². The van der Waals surface area contributed by atoms with Crippen molar-refractivity contribution in [2.45, 2.75) is 50.7 Å². The van der Waals surface area contributed by atoms with E-state index in [1.807, 2.05) is 0 Å². The standard InChI is InChI=1S/C18H21FN4O3/c1-3-18(10-25-11(2)24)7-6-13(26-18)8-12-4-5-14-15(21-9-12)16(20)23-17(19)22-14/h1,9,12-13H,4-8,10H2,2H3,(H2,20,22,23)/t12?,13-,18+/m1/s1. The van der Waals surface area contributed by atoms with Crippen LogP contribution in [0.15, 0.2) is 4.99 Å². The number of terminal acetylenes is 1. The number of hydrogen-bond donors (Lipinski definition) is 1. The van der Waals surface area contributed by atoms with E-state index in [9.17, 15) is 9.18 Å². The van der Waals surface area contributed by atoms with E-state index in [-0.39, 0.29) is 30.4 Å². The van der Waals surface area contributed by atoms with Crippen LogP contribution in [0.2, 0.25) is 0 Å². The minimum absolute atomic E-state index is 0.0502. The van der Waals surface area contributed by atoms with Gasteiger partial charge in [-0.2, -0.15) is 9.37 Å². The van der Waals surface area contributed by atoms with Crippen molar-refractivity contribution in [1.82, 2.24) is 9.97 Å². The third-order valence-electron chi connectivity index (χ3n) is 4.72. The number of rotatable bonds is 4. The van der Waals surface area contributed by atoms with Gasteiger partial charge in [-0.15, -0.1) is 6.42 Å². The maximum absolute atomic E-state index is 13.3. The first-order valence-electron chi connectivity index (χ1n) is 8.56. The maximum atomic E-state index is 13.3. The molecule has 8 heteroatoms. The van der Waals surface area contributed by atoms with Crippen LogP contribution < -0.4 is 5.73 Å². The molecule has 0 bridgehead atoms. The summed E-state index contributed by atoms with van der Waals surface area (Å²) in [6.07, 6.45) is 9.95. The van der Waals surface area contributed by atoms with Crippen LogP contribution in [-0.2, 0) is 20.7 Å². The first-order valence-corrected chi connectivity index (χ1v) is 8.56. The normalized spacial score (nSPS) is 27.4. The summed E-state index contributed by atoms with van der Waals surface area (Å²) in [7, 11) is 0. The van der Waals surface area contributed by atoms with Gasteiger partial charge in [0.1, 0.15) is 12.3 Å². The van der Waals surface area contributed by atoms with Gasteiger partial charge in [-0.25, -0.2) is 4.98 Å². The van der Waals surface area contributed by atoms with Crippen molar-refractivity contribution in [1.29, 1.82) is 0 Å². The molecule has 1 aromatic rings. The molecule has 26 heavy (non-hydrogen) atoms. The molecule has 2 aliphatic heterocycles. The molecule has 1 aromatic heterocycles. The highest BCUT2D eigenvalue weighted by atomic mass is 19.1. The minimum atomic E-state index is -0.861. The fourth-order valence-corrected chi connectivity index (χ4v) is 3.37. The molecule has 0 radical (unpaired) electrons. The Hall–Kier alpha value is -2.53. The monoisotopic (exact) mass is 360 g/mol. The van der Waals surface area contributed by atoms with Gasteiger partial charge in [0, 0.05) is 13.1 Å². The highest BCUT2D eigenvalue weighted by Crippen LogP contribution is 2.35. The Morgan fingerprint density at radius 1 is 1.54 bits per heavy atom. The molecule has 0 spiro atoms. The van der Waals surface area contributed by atoms with Crippen LogP contribution in [0, 0.1) is 24.3 Å². The molecular formula is C18H21FN4O3. The number of nitrogens with zero attached hydrogens (tertiary/aromatic N) is 3. The van der Waals surface area contributed by atoms with Crippen LogP contribution in [-0.4, -0.2) is 40.5 Å². The second-order valence-corrected chi connectivity index (χ2v) is 6.68. The van der Waals surface area contributed by atoms with Gasteiger partial charge < -0.3 is 15.2 Å². The summed E-state index contributed by atoms with van der Waals surface area (Å²) in [6, 6.07) is 0. The second kappa shape index (κ2) is 7.38. The number of aromatic nitrogens is 2. The number of ether oxygens (including phenoxy) is 2. The van der Waals surface area contributed by atoms with Crippen LogP contribution in [0.4, 0.5) is 15.9 Å². The number of fused-ring (bicyclic) bond motifs is 1. The molecule has 0 amide bonds. The number of nitrogens with two attached hydrogens (primary N) is 1. The lowest BCUT2D eigenvalue weighted by Gasteiger charge is -2.24.